The first-order chi connectivity index (χ1) is 13.0. The van der Waals surface area contributed by atoms with Crippen molar-refractivity contribution in [3.8, 4) is 0 Å². The summed E-state index contributed by atoms with van der Waals surface area (Å²) in [7, 11) is -3.41. The number of sulfone groups is 1. The molecule has 2 aromatic rings. The Morgan fingerprint density at radius 3 is 2.33 bits per heavy atom. The van der Waals surface area contributed by atoms with Gasteiger partial charge in [-0.05, 0) is 43.9 Å². The average Bonchev–Trinajstić information content (AvgIpc) is 2.94. The Hall–Kier alpha value is -2.48. The Bertz CT molecular complexity index is 989. The lowest BCUT2D eigenvalue weighted by Gasteiger charge is -2.38. The first kappa shape index (κ1) is 17.9. The molecule has 3 heterocycles. The topological polar surface area (TPSA) is 89.3 Å². The summed E-state index contributed by atoms with van der Waals surface area (Å²) < 4.78 is 27.1. The number of rotatable bonds is 4. The zero-order valence-electron chi connectivity index (χ0n) is 14.8. The van der Waals surface area contributed by atoms with Gasteiger partial charge < -0.3 is 4.90 Å². The van der Waals surface area contributed by atoms with E-state index < -0.39 is 15.1 Å². The van der Waals surface area contributed by atoms with E-state index in [2.05, 4.69) is 5.10 Å². The van der Waals surface area contributed by atoms with Crippen molar-refractivity contribution in [3.63, 3.8) is 0 Å². The molecule has 2 fully saturated rings. The Balaban J connectivity index is 1.52. The minimum absolute atomic E-state index is 0.0980. The highest BCUT2D eigenvalue weighted by Crippen LogP contribution is 2.39. The van der Waals surface area contributed by atoms with Gasteiger partial charge in [-0.2, -0.15) is 5.10 Å². The van der Waals surface area contributed by atoms with Gasteiger partial charge in [0.2, 0.25) is 5.91 Å². The average molecular weight is 387 g/mol. The molecule has 0 saturated carbocycles. The fraction of sp³-hybridized carbons (Fsp3) is 0.421. The van der Waals surface area contributed by atoms with Crippen molar-refractivity contribution < 1.29 is 13.2 Å². The fourth-order valence-electron chi connectivity index (χ4n) is 4.31. The molecule has 2 saturated heterocycles. The zero-order valence-corrected chi connectivity index (χ0v) is 15.6. The molecule has 27 heavy (non-hydrogen) atoms. The second-order valence-electron chi connectivity index (χ2n) is 7.16. The third kappa shape index (κ3) is 3.29. The van der Waals surface area contributed by atoms with E-state index >= 15 is 0 Å². The van der Waals surface area contributed by atoms with E-state index in [1.807, 2.05) is 0 Å². The summed E-state index contributed by atoms with van der Waals surface area (Å²) in [5.74, 6) is -0.168. The molecule has 142 valence electrons. The lowest BCUT2D eigenvalue weighted by atomic mass is 10.0. The molecule has 0 radical (unpaired) electrons. The van der Waals surface area contributed by atoms with Crippen LogP contribution in [0, 0.1) is 0 Å². The van der Waals surface area contributed by atoms with Gasteiger partial charge in [-0.25, -0.2) is 13.1 Å². The summed E-state index contributed by atoms with van der Waals surface area (Å²) in [4.78, 5) is 26.7. The first-order valence-electron chi connectivity index (χ1n) is 9.09. The third-order valence-electron chi connectivity index (χ3n) is 5.56. The highest BCUT2D eigenvalue weighted by atomic mass is 32.2. The third-order valence-corrected chi connectivity index (χ3v) is 7.75. The second kappa shape index (κ2) is 6.92. The van der Waals surface area contributed by atoms with Gasteiger partial charge in [0, 0.05) is 24.3 Å². The number of fused-ring (bicyclic) bond motifs is 2. The quantitative estimate of drug-likeness (QED) is 0.787. The van der Waals surface area contributed by atoms with Crippen LogP contribution >= 0.6 is 0 Å². The molecule has 7 nitrogen and oxygen atoms in total. The molecule has 2 aliphatic heterocycles. The van der Waals surface area contributed by atoms with Crippen molar-refractivity contribution in [2.24, 2.45) is 0 Å². The highest BCUT2D eigenvalue weighted by molar-refractivity contribution is 7.92. The minimum Gasteiger partial charge on any atom is -0.335 e. The number of carbonyl (C=O) groups is 1. The van der Waals surface area contributed by atoms with E-state index in [9.17, 15) is 18.0 Å². The molecular formula is C19H21N3O4S. The number of carbonyl (C=O) groups excluding carboxylic acids is 1. The molecule has 0 spiro atoms. The Morgan fingerprint density at radius 1 is 1.04 bits per heavy atom. The lowest BCUT2D eigenvalue weighted by molar-refractivity contribution is -0.136. The first-order valence-corrected chi connectivity index (χ1v) is 10.6. The molecule has 0 N–H and O–H groups in total. The smallest absolute Gasteiger partial charge is 0.267 e. The molecule has 0 aliphatic carbocycles. The summed E-state index contributed by atoms with van der Waals surface area (Å²) in [5.41, 5.74) is -0.320. The summed E-state index contributed by atoms with van der Waals surface area (Å²) in [6, 6.07) is 11.2. The van der Waals surface area contributed by atoms with E-state index in [-0.39, 0.29) is 30.1 Å². The zero-order chi connectivity index (χ0) is 19.0. The van der Waals surface area contributed by atoms with Crippen LogP contribution in [-0.4, -0.2) is 46.3 Å². The minimum atomic E-state index is -3.41. The van der Waals surface area contributed by atoms with Gasteiger partial charge in [0.25, 0.3) is 5.56 Å². The van der Waals surface area contributed by atoms with Crippen molar-refractivity contribution in [1.29, 1.82) is 0 Å². The number of aromatic nitrogens is 2. The Labute approximate surface area is 157 Å². The van der Waals surface area contributed by atoms with Gasteiger partial charge in [0.05, 0.1) is 10.1 Å². The molecule has 1 amide bonds. The van der Waals surface area contributed by atoms with Gasteiger partial charge in [0.1, 0.15) is 6.54 Å². The maximum atomic E-state index is 13.0. The maximum Gasteiger partial charge on any atom is 0.267 e. The second-order valence-corrected chi connectivity index (χ2v) is 9.39. The molecule has 2 aliphatic rings. The summed E-state index contributed by atoms with van der Waals surface area (Å²) in [5, 5.41) is 3.47. The van der Waals surface area contributed by atoms with Gasteiger partial charge in [-0.3, -0.25) is 9.59 Å². The number of benzene rings is 1. The monoisotopic (exact) mass is 387 g/mol. The predicted octanol–water partition coefficient (Wildman–Crippen LogP) is 1.24. The van der Waals surface area contributed by atoms with Crippen LogP contribution in [0.3, 0.4) is 0 Å². The largest absolute Gasteiger partial charge is 0.335 e. The van der Waals surface area contributed by atoms with Gasteiger partial charge in [-0.1, -0.05) is 18.2 Å². The normalized spacial score (nSPS) is 24.7. The number of piperidine rings is 1. The van der Waals surface area contributed by atoms with Gasteiger partial charge >= 0.3 is 0 Å². The maximum absolute atomic E-state index is 13.0. The Kier molecular flexibility index (Phi) is 4.59. The van der Waals surface area contributed by atoms with Crippen LogP contribution < -0.4 is 5.56 Å². The van der Waals surface area contributed by atoms with Crippen LogP contribution in [0.25, 0.3) is 0 Å². The lowest BCUT2D eigenvalue weighted by Crippen LogP contribution is -2.51. The Morgan fingerprint density at radius 2 is 1.70 bits per heavy atom. The molecule has 2 bridgehead atoms. The van der Waals surface area contributed by atoms with E-state index in [1.54, 1.807) is 35.2 Å². The number of hydrogen-bond acceptors (Lipinski definition) is 5. The van der Waals surface area contributed by atoms with Gasteiger partial charge in [0.15, 0.2) is 9.84 Å². The molecule has 8 heteroatoms. The molecule has 2 unspecified atom stereocenters. The van der Waals surface area contributed by atoms with Crippen molar-refractivity contribution >= 4 is 15.7 Å². The van der Waals surface area contributed by atoms with Crippen LogP contribution in [-0.2, 0) is 21.2 Å². The van der Waals surface area contributed by atoms with E-state index in [4.69, 9.17) is 0 Å². The van der Waals surface area contributed by atoms with Crippen LogP contribution in [0.4, 0.5) is 0 Å². The predicted molar refractivity (Wildman–Crippen MR) is 98.8 cm³/mol. The van der Waals surface area contributed by atoms with E-state index in [0.717, 1.165) is 17.5 Å². The molecule has 1 aromatic heterocycles. The molecular weight excluding hydrogens is 366 g/mol. The molecule has 2 atom stereocenters. The number of hydrogen-bond donors (Lipinski definition) is 0. The standard InChI is InChI=1S/C19H21N3O4S/c23-18-7-4-10-20-21(18)13-19(24)22-14-8-9-15(22)12-17(11-14)27(25,26)16-5-2-1-3-6-16/h1-7,10,14-15,17H,8-9,11-13H2. The summed E-state index contributed by atoms with van der Waals surface area (Å²) in [6.45, 7) is -0.108. The van der Waals surface area contributed by atoms with Crippen LogP contribution in [0.5, 0.6) is 0 Å². The van der Waals surface area contributed by atoms with Crippen molar-refractivity contribution in [2.75, 3.05) is 0 Å². The highest BCUT2D eigenvalue weighted by Gasteiger charge is 2.47. The van der Waals surface area contributed by atoms with Crippen molar-refractivity contribution in [1.82, 2.24) is 14.7 Å². The number of nitrogens with zero attached hydrogens (tertiary/aromatic N) is 3. The van der Waals surface area contributed by atoms with Crippen LogP contribution in [0.1, 0.15) is 25.7 Å². The SMILES string of the molecule is O=C(Cn1ncccc1=O)N1C2CCC1CC(S(=O)(=O)c1ccccc1)C2. The van der Waals surface area contributed by atoms with Crippen molar-refractivity contribution in [2.45, 2.75) is 54.5 Å². The summed E-state index contributed by atoms with van der Waals surface area (Å²) >= 11 is 0. The summed E-state index contributed by atoms with van der Waals surface area (Å²) in [6.07, 6.45) is 3.96. The fourth-order valence-corrected chi connectivity index (χ4v) is 6.18. The van der Waals surface area contributed by atoms with Crippen LogP contribution in [0.2, 0.25) is 0 Å². The molecule has 1 aromatic carbocycles. The molecule has 4 rings (SSSR count). The van der Waals surface area contributed by atoms with E-state index in [1.165, 1.54) is 18.3 Å². The van der Waals surface area contributed by atoms with E-state index in [0.29, 0.717) is 17.7 Å². The van der Waals surface area contributed by atoms with Crippen LogP contribution in [0.15, 0.2) is 58.4 Å². The van der Waals surface area contributed by atoms with Gasteiger partial charge in [-0.15, -0.1) is 0 Å². The number of amides is 1. The van der Waals surface area contributed by atoms with Crippen molar-refractivity contribution in [3.05, 3.63) is 59.0 Å².